The summed E-state index contributed by atoms with van der Waals surface area (Å²) < 4.78 is 26.0. The van der Waals surface area contributed by atoms with Crippen LogP contribution < -0.4 is 5.32 Å². The molecule has 1 N–H and O–H groups in total. The van der Waals surface area contributed by atoms with Crippen molar-refractivity contribution in [1.82, 2.24) is 14.7 Å². The van der Waals surface area contributed by atoms with Gasteiger partial charge in [0.1, 0.15) is 0 Å². The lowest BCUT2D eigenvalue weighted by atomic mass is 10.1. The summed E-state index contributed by atoms with van der Waals surface area (Å²) in [7, 11) is -2.90. The van der Waals surface area contributed by atoms with E-state index in [1.165, 1.54) is 16.9 Å². The van der Waals surface area contributed by atoms with E-state index in [0.29, 0.717) is 17.0 Å². The van der Waals surface area contributed by atoms with Crippen molar-refractivity contribution in [1.29, 1.82) is 0 Å². The first-order chi connectivity index (χ1) is 12.3. The van der Waals surface area contributed by atoms with Crippen LogP contribution in [0.1, 0.15) is 24.5 Å². The number of rotatable bonds is 6. The number of anilines is 2. The molecule has 0 unspecified atom stereocenters. The average molecular weight is 413 g/mol. The van der Waals surface area contributed by atoms with Crippen LogP contribution in [0.3, 0.4) is 0 Å². The maximum Gasteiger partial charge on any atom is 0.209 e. The molecule has 3 rings (SSSR count). The number of nitrogens with one attached hydrogen (secondary N) is 1. The van der Waals surface area contributed by atoms with Crippen molar-refractivity contribution in [2.45, 2.75) is 39.9 Å². The average Bonchev–Trinajstić information content (AvgIpc) is 3.09. The molecule has 1 fully saturated rings. The fourth-order valence-electron chi connectivity index (χ4n) is 3.22. The van der Waals surface area contributed by atoms with E-state index in [9.17, 15) is 8.42 Å². The van der Waals surface area contributed by atoms with Gasteiger partial charge in [0.25, 0.3) is 0 Å². The number of benzene rings is 1. The number of hydrogen-bond donors (Lipinski definition) is 1. The van der Waals surface area contributed by atoms with E-state index < -0.39 is 9.84 Å². The van der Waals surface area contributed by atoms with Gasteiger partial charge in [-0.3, -0.25) is 4.90 Å². The van der Waals surface area contributed by atoms with Crippen LogP contribution in [0.15, 0.2) is 18.2 Å². The third-order valence-electron chi connectivity index (χ3n) is 4.68. The van der Waals surface area contributed by atoms with Gasteiger partial charge >= 0.3 is 0 Å². The van der Waals surface area contributed by atoms with E-state index in [1.54, 1.807) is 4.68 Å². The standard InChI is InChI=1S/C17H24N4O2S3/c1-4-20(14-7-8-26(22,23)10-14)11-21-17(24)25-16(19-21)18-15-6-5-12(2)9-13(15)3/h5-6,9,14H,4,7-8,10-11H2,1-3H3,(H,18,19)/t14-/m1/s1. The minimum atomic E-state index is -2.90. The Kier molecular flexibility index (Phi) is 5.81. The summed E-state index contributed by atoms with van der Waals surface area (Å²) >= 11 is 6.89. The molecule has 2 heterocycles. The summed E-state index contributed by atoms with van der Waals surface area (Å²) in [6.07, 6.45) is 0.682. The number of hydrogen-bond acceptors (Lipinski definition) is 7. The van der Waals surface area contributed by atoms with E-state index in [0.717, 1.165) is 22.9 Å². The molecule has 1 saturated heterocycles. The second kappa shape index (κ2) is 7.75. The Bertz CT molecular complexity index is 949. The van der Waals surface area contributed by atoms with Crippen molar-refractivity contribution < 1.29 is 8.42 Å². The summed E-state index contributed by atoms with van der Waals surface area (Å²) in [5.74, 6) is 0.502. The van der Waals surface area contributed by atoms with Crippen molar-refractivity contribution in [3.63, 3.8) is 0 Å². The van der Waals surface area contributed by atoms with Crippen molar-refractivity contribution in [2.75, 3.05) is 23.4 Å². The van der Waals surface area contributed by atoms with Gasteiger partial charge < -0.3 is 5.32 Å². The molecule has 2 aromatic rings. The smallest absolute Gasteiger partial charge is 0.209 e. The number of nitrogens with zero attached hydrogens (tertiary/aromatic N) is 3. The molecular weight excluding hydrogens is 388 g/mol. The van der Waals surface area contributed by atoms with Gasteiger partial charge in [-0.1, -0.05) is 36.0 Å². The maximum absolute atomic E-state index is 11.8. The Labute approximate surface area is 163 Å². The maximum atomic E-state index is 11.8. The van der Waals surface area contributed by atoms with E-state index in [-0.39, 0.29) is 17.5 Å². The van der Waals surface area contributed by atoms with Gasteiger partial charge in [-0.25, -0.2) is 13.1 Å². The van der Waals surface area contributed by atoms with Crippen LogP contribution in [0.2, 0.25) is 0 Å². The lowest BCUT2D eigenvalue weighted by Crippen LogP contribution is -2.37. The van der Waals surface area contributed by atoms with Crippen LogP contribution >= 0.6 is 23.6 Å². The zero-order chi connectivity index (χ0) is 18.9. The molecule has 142 valence electrons. The molecule has 0 spiro atoms. The molecule has 1 aliphatic rings. The first-order valence-corrected chi connectivity index (χ1v) is 11.7. The Morgan fingerprint density at radius 1 is 1.42 bits per heavy atom. The van der Waals surface area contributed by atoms with Crippen molar-refractivity contribution in [3.8, 4) is 0 Å². The Hall–Kier alpha value is -1.29. The summed E-state index contributed by atoms with van der Waals surface area (Å²) in [5.41, 5.74) is 3.39. The lowest BCUT2D eigenvalue weighted by Gasteiger charge is -2.26. The first-order valence-electron chi connectivity index (χ1n) is 8.64. The second-order valence-corrected chi connectivity index (χ2v) is 10.6. The van der Waals surface area contributed by atoms with Crippen molar-refractivity contribution in [2.24, 2.45) is 0 Å². The number of aromatic nitrogens is 2. The Morgan fingerprint density at radius 2 is 2.19 bits per heavy atom. The molecular formula is C17H24N4O2S3. The summed E-state index contributed by atoms with van der Waals surface area (Å²) in [6.45, 7) is 7.44. The fourth-order valence-corrected chi connectivity index (χ4v) is 5.99. The predicted octanol–water partition coefficient (Wildman–Crippen LogP) is 3.50. The van der Waals surface area contributed by atoms with E-state index in [2.05, 4.69) is 41.3 Å². The number of aryl methyl sites for hydroxylation is 2. The highest BCUT2D eigenvalue weighted by Gasteiger charge is 2.31. The highest BCUT2D eigenvalue weighted by molar-refractivity contribution is 7.91. The normalized spacial score (nSPS) is 19.2. The summed E-state index contributed by atoms with van der Waals surface area (Å²) in [6, 6.07) is 6.27. The Morgan fingerprint density at radius 3 is 2.81 bits per heavy atom. The molecule has 6 nitrogen and oxygen atoms in total. The van der Waals surface area contributed by atoms with Gasteiger partial charge in [0.05, 0.1) is 18.2 Å². The lowest BCUT2D eigenvalue weighted by molar-refractivity contribution is 0.165. The second-order valence-electron chi connectivity index (χ2n) is 6.72. The molecule has 0 bridgehead atoms. The molecule has 1 aromatic heterocycles. The van der Waals surface area contributed by atoms with E-state index >= 15 is 0 Å². The Balaban J connectivity index is 1.74. The van der Waals surface area contributed by atoms with Crippen LogP contribution in [0.25, 0.3) is 0 Å². The third kappa shape index (κ3) is 4.51. The van der Waals surface area contributed by atoms with Crippen LogP contribution in [-0.4, -0.2) is 47.2 Å². The molecule has 1 aromatic carbocycles. The van der Waals surface area contributed by atoms with E-state index in [4.69, 9.17) is 12.2 Å². The monoisotopic (exact) mass is 412 g/mol. The molecule has 26 heavy (non-hydrogen) atoms. The zero-order valence-corrected chi connectivity index (χ0v) is 17.7. The fraction of sp³-hybridized carbons (Fsp3) is 0.529. The van der Waals surface area contributed by atoms with Crippen LogP contribution in [0.5, 0.6) is 0 Å². The first kappa shape index (κ1) is 19.5. The largest absolute Gasteiger partial charge is 0.330 e. The number of sulfone groups is 1. The van der Waals surface area contributed by atoms with E-state index in [1.807, 2.05) is 13.0 Å². The van der Waals surface area contributed by atoms with Crippen LogP contribution in [0.4, 0.5) is 10.8 Å². The van der Waals surface area contributed by atoms with Gasteiger partial charge in [0.2, 0.25) is 5.13 Å². The highest BCUT2D eigenvalue weighted by atomic mass is 32.2. The van der Waals surface area contributed by atoms with Gasteiger partial charge in [-0.05, 0) is 50.7 Å². The highest BCUT2D eigenvalue weighted by Crippen LogP contribution is 2.25. The quantitative estimate of drug-likeness (QED) is 0.733. The molecule has 0 saturated carbocycles. The van der Waals surface area contributed by atoms with Gasteiger partial charge in [0, 0.05) is 11.7 Å². The minimum Gasteiger partial charge on any atom is -0.330 e. The molecule has 0 amide bonds. The molecule has 0 aliphatic carbocycles. The molecule has 0 radical (unpaired) electrons. The van der Waals surface area contributed by atoms with Gasteiger partial charge in [-0.15, -0.1) is 5.10 Å². The minimum absolute atomic E-state index is 0.0457. The molecule has 9 heteroatoms. The molecule has 1 aliphatic heterocycles. The van der Waals surface area contributed by atoms with Gasteiger partial charge in [-0.2, -0.15) is 0 Å². The summed E-state index contributed by atoms with van der Waals surface area (Å²) in [4.78, 5) is 2.14. The topological polar surface area (TPSA) is 67.2 Å². The van der Waals surface area contributed by atoms with Gasteiger partial charge in [0.15, 0.2) is 13.8 Å². The zero-order valence-electron chi connectivity index (χ0n) is 15.2. The SMILES string of the molecule is CCN(Cn1nc(Nc2ccc(C)cc2C)sc1=S)[C@@H]1CCS(=O)(=O)C1. The van der Waals surface area contributed by atoms with Crippen molar-refractivity contribution in [3.05, 3.63) is 33.3 Å². The van der Waals surface area contributed by atoms with Crippen LogP contribution in [0, 0.1) is 17.8 Å². The van der Waals surface area contributed by atoms with Crippen LogP contribution in [-0.2, 0) is 16.5 Å². The predicted molar refractivity (Wildman–Crippen MR) is 110 cm³/mol. The third-order valence-corrected chi connectivity index (χ3v) is 7.65. The molecule has 1 atom stereocenters. The van der Waals surface area contributed by atoms with Crippen molar-refractivity contribution >= 4 is 44.2 Å². The summed E-state index contributed by atoms with van der Waals surface area (Å²) in [5, 5.41) is 8.68.